The van der Waals surface area contributed by atoms with Crippen LogP contribution in [0.2, 0.25) is 0 Å². The average Bonchev–Trinajstić information content (AvgIpc) is 2.47. The molecule has 4 aliphatic rings. The standard InChI is InChI=1S/C17H21N3O/c21-16(20-19-11-12-1-3-18-4-2-12)17-8-13-5-14(9-17)7-15(6-13)10-17/h1-4,11,13-15H,5-10H2,(H,20,21)/b19-11+. The number of rotatable bonds is 3. The molecule has 1 aromatic heterocycles. The van der Waals surface area contributed by atoms with Gasteiger partial charge in [0.25, 0.3) is 0 Å². The first-order chi connectivity index (χ1) is 10.2. The molecule has 5 rings (SSSR count). The molecular weight excluding hydrogens is 262 g/mol. The lowest BCUT2D eigenvalue weighted by Gasteiger charge is -2.55. The summed E-state index contributed by atoms with van der Waals surface area (Å²) in [6, 6.07) is 3.75. The van der Waals surface area contributed by atoms with Gasteiger partial charge >= 0.3 is 0 Å². The van der Waals surface area contributed by atoms with Gasteiger partial charge in [0.05, 0.1) is 11.6 Å². The summed E-state index contributed by atoms with van der Waals surface area (Å²) in [5.74, 6) is 2.50. The quantitative estimate of drug-likeness (QED) is 0.685. The first-order valence-electron chi connectivity index (χ1n) is 7.97. The van der Waals surface area contributed by atoms with Crippen LogP contribution in [0.5, 0.6) is 0 Å². The molecule has 0 unspecified atom stereocenters. The zero-order chi connectivity index (χ0) is 14.3. The number of nitrogens with one attached hydrogen (secondary N) is 1. The van der Waals surface area contributed by atoms with Crippen molar-refractivity contribution < 1.29 is 4.79 Å². The number of nitrogens with zero attached hydrogens (tertiary/aromatic N) is 2. The zero-order valence-electron chi connectivity index (χ0n) is 12.2. The maximum Gasteiger partial charge on any atom is 0.246 e. The predicted molar refractivity (Wildman–Crippen MR) is 80.6 cm³/mol. The third-order valence-corrected chi connectivity index (χ3v) is 5.61. The molecule has 0 aromatic carbocycles. The smallest absolute Gasteiger partial charge is 0.246 e. The lowest BCUT2D eigenvalue weighted by molar-refractivity contribution is -0.146. The number of hydrogen-bond acceptors (Lipinski definition) is 3. The van der Waals surface area contributed by atoms with Crippen LogP contribution in [0.25, 0.3) is 0 Å². The molecule has 4 fully saturated rings. The van der Waals surface area contributed by atoms with Crippen LogP contribution < -0.4 is 5.43 Å². The number of hydrogen-bond donors (Lipinski definition) is 1. The van der Waals surface area contributed by atoms with Crippen LogP contribution in [0, 0.1) is 23.2 Å². The lowest BCUT2D eigenvalue weighted by atomic mass is 9.49. The van der Waals surface area contributed by atoms with Crippen molar-refractivity contribution in [2.24, 2.45) is 28.3 Å². The molecule has 0 spiro atoms. The lowest BCUT2D eigenvalue weighted by Crippen LogP contribution is -2.52. The Morgan fingerprint density at radius 2 is 1.71 bits per heavy atom. The Bertz CT molecular complexity index is 531. The predicted octanol–water partition coefficient (Wildman–Crippen LogP) is 2.75. The van der Waals surface area contributed by atoms with E-state index in [4.69, 9.17) is 0 Å². The zero-order valence-corrected chi connectivity index (χ0v) is 12.2. The molecule has 4 bridgehead atoms. The summed E-state index contributed by atoms with van der Waals surface area (Å²) in [4.78, 5) is 16.6. The Hall–Kier alpha value is -1.71. The van der Waals surface area contributed by atoms with Crippen molar-refractivity contribution in [1.82, 2.24) is 10.4 Å². The highest BCUT2D eigenvalue weighted by Crippen LogP contribution is 2.60. The monoisotopic (exact) mass is 283 g/mol. The van der Waals surface area contributed by atoms with Gasteiger partial charge in [-0.2, -0.15) is 5.10 Å². The van der Waals surface area contributed by atoms with Crippen LogP contribution >= 0.6 is 0 Å². The number of pyridine rings is 1. The van der Waals surface area contributed by atoms with Crippen LogP contribution in [-0.4, -0.2) is 17.1 Å². The third-order valence-electron chi connectivity index (χ3n) is 5.61. The summed E-state index contributed by atoms with van der Waals surface area (Å²) in [6.45, 7) is 0. The van der Waals surface area contributed by atoms with E-state index in [1.165, 1.54) is 19.3 Å². The SMILES string of the molecule is O=C(N/N=C/c1ccncc1)C12CC3CC(CC(C3)C1)C2. The summed E-state index contributed by atoms with van der Waals surface area (Å²) in [5.41, 5.74) is 3.63. The van der Waals surface area contributed by atoms with Gasteiger partial charge in [-0.25, -0.2) is 5.43 Å². The summed E-state index contributed by atoms with van der Waals surface area (Å²) >= 11 is 0. The van der Waals surface area contributed by atoms with Gasteiger partial charge in [-0.15, -0.1) is 0 Å². The molecule has 0 saturated heterocycles. The minimum Gasteiger partial charge on any atom is -0.273 e. The summed E-state index contributed by atoms with van der Waals surface area (Å²) in [5, 5.41) is 4.15. The fraction of sp³-hybridized carbons (Fsp3) is 0.588. The molecule has 1 aromatic rings. The molecule has 1 N–H and O–H groups in total. The van der Waals surface area contributed by atoms with Crippen molar-refractivity contribution in [3.63, 3.8) is 0 Å². The van der Waals surface area contributed by atoms with E-state index in [2.05, 4.69) is 15.5 Å². The number of carbonyl (C=O) groups excluding carboxylic acids is 1. The van der Waals surface area contributed by atoms with Crippen molar-refractivity contribution in [1.29, 1.82) is 0 Å². The fourth-order valence-corrected chi connectivity index (χ4v) is 5.12. The number of aromatic nitrogens is 1. The van der Waals surface area contributed by atoms with Crippen LogP contribution in [0.15, 0.2) is 29.6 Å². The van der Waals surface area contributed by atoms with E-state index in [9.17, 15) is 4.79 Å². The maximum atomic E-state index is 12.6. The number of carbonyl (C=O) groups is 1. The second-order valence-electron chi connectivity index (χ2n) is 7.18. The van der Waals surface area contributed by atoms with Crippen LogP contribution in [-0.2, 0) is 4.79 Å². The van der Waals surface area contributed by atoms with Crippen molar-refractivity contribution in [3.8, 4) is 0 Å². The minimum absolute atomic E-state index is 0.121. The molecule has 21 heavy (non-hydrogen) atoms. The number of amides is 1. The summed E-state index contributed by atoms with van der Waals surface area (Å²) in [7, 11) is 0. The molecule has 4 nitrogen and oxygen atoms in total. The van der Waals surface area contributed by atoms with Gasteiger partial charge in [-0.1, -0.05) is 0 Å². The molecule has 0 aliphatic heterocycles. The van der Waals surface area contributed by atoms with Gasteiger partial charge in [-0.3, -0.25) is 9.78 Å². The Morgan fingerprint density at radius 1 is 1.14 bits per heavy atom. The van der Waals surface area contributed by atoms with Crippen LogP contribution in [0.3, 0.4) is 0 Å². The molecule has 110 valence electrons. The Morgan fingerprint density at radius 3 is 2.29 bits per heavy atom. The highest BCUT2D eigenvalue weighted by molar-refractivity contribution is 5.85. The van der Waals surface area contributed by atoms with Crippen LogP contribution in [0.1, 0.15) is 44.1 Å². The van der Waals surface area contributed by atoms with E-state index in [1.54, 1.807) is 18.6 Å². The van der Waals surface area contributed by atoms with Gasteiger partial charge in [0.2, 0.25) is 5.91 Å². The normalized spacial score (nSPS) is 37.0. The highest BCUT2D eigenvalue weighted by Gasteiger charge is 2.54. The van der Waals surface area contributed by atoms with Gasteiger partial charge in [0.1, 0.15) is 0 Å². The molecular formula is C17H21N3O. The first-order valence-corrected chi connectivity index (χ1v) is 7.97. The fourth-order valence-electron chi connectivity index (χ4n) is 5.12. The first kappa shape index (κ1) is 13.0. The minimum atomic E-state index is -0.121. The van der Waals surface area contributed by atoms with Crippen LogP contribution in [0.4, 0.5) is 0 Å². The molecule has 4 saturated carbocycles. The number of hydrazone groups is 1. The molecule has 4 aliphatic carbocycles. The third kappa shape index (κ3) is 2.37. The van der Waals surface area contributed by atoms with Crippen molar-refractivity contribution >= 4 is 12.1 Å². The Balaban J connectivity index is 1.44. The van der Waals surface area contributed by atoms with E-state index >= 15 is 0 Å². The van der Waals surface area contributed by atoms with Crippen molar-refractivity contribution in [2.75, 3.05) is 0 Å². The second kappa shape index (κ2) is 4.93. The molecule has 1 amide bonds. The second-order valence-corrected chi connectivity index (χ2v) is 7.18. The summed E-state index contributed by atoms with van der Waals surface area (Å²) in [6.07, 6.45) is 12.4. The van der Waals surface area contributed by atoms with E-state index in [1.807, 2.05) is 12.1 Å². The average molecular weight is 283 g/mol. The van der Waals surface area contributed by atoms with Crippen molar-refractivity contribution in [2.45, 2.75) is 38.5 Å². The van der Waals surface area contributed by atoms with Gasteiger partial charge in [-0.05, 0) is 74.0 Å². The molecule has 1 heterocycles. The van der Waals surface area contributed by atoms with Gasteiger partial charge < -0.3 is 0 Å². The van der Waals surface area contributed by atoms with E-state index in [0.717, 1.165) is 42.6 Å². The summed E-state index contributed by atoms with van der Waals surface area (Å²) < 4.78 is 0. The molecule has 0 atom stereocenters. The Labute approximate surface area is 125 Å². The molecule has 0 radical (unpaired) electrons. The van der Waals surface area contributed by atoms with Gasteiger partial charge in [0, 0.05) is 12.4 Å². The maximum absolute atomic E-state index is 12.6. The topological polar surface area (TPSA) is 54.4 Å². The van der Waals surface area contributed by atoms with Gasteiger partial charge in [0.15, 0.2) is 0 Å². The van der Waals surface area contributed by atoms with E-state index in [0.29, 0.717) is 0 Å². The molecule has 4 heteroatoms. The largest absolute Gasteiger partial charge is 0.273 e. The van der Waals surface area contributed by atoms with E-state index < -0.39 is 0 Å². The van der Waals surface area contributed by atoms with E-state index in [-0.39, 0.29) is 11.3 Å². The highest BCUT2D eigenvalue weighted by atomic mass is 16.2. The Kier molecular flexibility index (Phi) is 3.05. The van der Waals surface area contributed by atoms with Crippen molar-refractivity contribution in [3.05, 3.63) is 30.1 Å².